The molecule has 2 heteroatoms. The van der Waals surface area contributed by atoms with Crippen molar-refractivity contribution < 1.29 is 4.74 Å². The summed E-state index contributed by atoms with van der Waals surface area (Å²) in [5.41, 5.74) is 2.66. The normalized spacial score (nSPS) is 13.0. The van der Waals surface area contributed by atoms with Gasteiger partial charge in [-0.25, -0.2) is 4.99 Å². The standard InChI is InChI=1S/C5H5NO.C2H6/c1-5-6-3-2-4-7-5;1-2/h3-4H,1H3;1-2H3. The molecule has 0 amide bonds. The molecule has 0 unspecified atom stereocenters. The SMILES string of the molecule is CC.CC1=NC=C=CO1. The molecule has 0 fully saturated rings. The quantitative estimate of drug-likeness (QED) is 0.454. The van der Waals surface area contributed by atoms with Crippen LogP contribution < -0.4 is 0 Å². The minimum Gasteiger partial charge on any atom is -0.443 e. The fraction of sp³-hybridized carbons (Fsp3) is 0.429. The van der Waals surface area contributed by atoms with Gasteiger partial charge in [0.15, 0.2) is 5.90 Å². The highest BCUT2D eigenvalue weighted by Gasteiger charge is 1.84. The monoisotopic (exact) mass is 125 g/mol. The molecule has 0 aliphatic carbocycles. The van der Waals surface area contributed by atoms with Crippen molar-refractivity contribution in [3.63, 3.8) is 0 Å². The molecule has 0 N–H and O–H groups in total. The van der Waals surface area contributed by atoms with E-state index in [0.29, 0.717) is 5.90 Å². The number of hydrogen-bond acceptors (Lipinski definition) is 2. The van der Waals surface area contributed by atoms with Crippen LogP contribution >= 0.6 is 0 Å². The van der Waals surface area contributed by atoms with Crippen molar-refractivity contribution in [2.45, 2.75) is 20.8 Å². The van der Waals surface area contributed by atoms with Gasteiger partial charge < -0.3 is 4.74 Å². The van der Waals surface area contributed by atoms with Crippen LogP contribution in [0.1, 0.15) is 20.8 Å². The van der Waals surface area contributed by atoms with Crippen molar-refractivity contribution in [3.05, 3.63) is 18.2 Å². The lowest BCUT2D eigenvalue weighted by Crippen LogP contribution is -1.92. The third-order valence-electron chi connectivity index (χ3n) is 0.618. The first-order valence-corrected chi connectivity index (χ1v) is 3.00. The van der Waals surface area contributed by atoms with Crippen LogP contribution in [0.4, 0.5) is 0 Å². The Kier molecular flexibility index (Phi) is 4.56. The minimum absolute atomic E-state index is 0.666. The summed E-state index contributed by atoms with van der Waals surface area (Å²) in [6.07, 6.45) is 3.04. The van der Waals surface area contributed by atoms with Gasteiger partial charge in [0, 0.05) is 6.92 Å². The summed E-state index contributed by atoms with van der Waals surface area (Å²) in [5.74, 6) is 0.666. The van der Waals surface area contributed by atoms with Crippen LogP contribution in [0.5, 0.6) is 0 Å². The van der Waals surface area contributed by atoms with E-state index >= 15 is 0 Å². The molecule has 0 saturated heterocycles. The summed E-state index contributed by atoms with van der Waals surface area (Å²) in [4.78, 5) is 3.76. The Bertz CT molecular complexity index is 152. The maximum atomic E-state index is 4.76. The van der Waals surface area contributed by atoms with Crippen LogP contribution in [-0.2, 0) is 4.74 Å². The van der Waals surface area contributed by atoms with E-state index in [1.807, 2.05) is 13.8 Å². The van der Waals surface area contributed by atoms with E-state index < -0.39 is 0 Å². The Morgan fingerprint density at radius 1 is 1.56 bits per heavy atom. The Labute approximate surface area is 55.6 Å². The van der Waals surface area contributed by atoms with Gasteiger partial charge in [0.25, 0.3) is 0 Å². The van der Waals surface area contributed by atoms with E-state index in [1.54, 1.807) is 13.1 Å². The van der Waals surface area contributed by atoms with Gasteiger partial charge in [0.2, 0.25) is 0 Å². The fourth-order valence-corrected chi connectivity index (χ4v) is 0.308. The highest BCUT2D eigenvalue weighted by molar-refractivity contribution is 5.74. The lowest BCUT2D eigenvalue weighted by Gasteiger charge is -1.94. The molecule has 50 valence electrons. The Hall–Kier alpha value is -1.01. The molecule has 0 spiro atoms. The van der Waals surface area contributed by atoms with Crippen molar-refractivity contribution in [1.29, 1.82) is 0 Å². The zero-order valence-electron chi connectivity index (χ0n) is 6.01. The molecule has 0 aromatic rings. The molecule has 1 aliphatic rings. The molecule has 0 bridgehead atoms. The molecule has 0 saturated carbocycles. The molecule has 0 radical (unpaired) electrons. The number of ether oxygens (including phenoxy) is 1. The zero-order chi connectivity index (χ0) is 7.11. The van der Waals surface area contributed by atoms with Gasteiger partial charge in [0.05, 0.1) is 6.20 Å². The van der Waals surface area contributed by atoms with E-state index in [9.17, 15) is 0 Å². The average molecular weight is 125 g/mol. The fourth-order valence-electron chi connectivity index (χ4n) is 0.308. The Balaban J connectivity index is 0.000000291. The number of hydrogen-bond donors (Lipinski definition) is 0. The van der Waals surface area contributed by atoms with Crippen LogP contribution in [0.3, 0.4) is 0 Å². The van der Waals surface area contributed by atoms with Gasteiger partial charge in [-0.1, -0.05) is 19.6 Å². The van der Waals surface area contributed by atoms with Crippen molar-refractivity contribution in [3.8, 4) is 0 Å². The topological polar surface area (TPSA) is 21.6 Å². The van der Waals surface area contributed by atoms with Crippen LogP contribution in [-0.4, -0.2) is 5.90 Å². The van der Waals surface area contributed by atoms with E-state index in [2.05, 4.69) is 10.7 Å². The smallest absolute Gasteiger partial charge is 0.192 e. The molecule has 1 heterocycles. The second-order valence-electron chi connectivity index (χ2n) is 1.18. The van der Waals surface area contributed by atoms with Crippen molar-refractivity contribution in [2.24, 2.45) is 4.99 Å². The Morgan fingerprint density at radius 2 is 2.22 bits per heavy atom. The van der Waals surface area contributed by atoms with Crippen molar-refractivity contribution in [2.75, 3.05) is 0 Å². The first-order valence-electron chi connectivity index (χ1n) is 3.00. The number of nitrogens with zero attached hydrogens (tertiary/aromatic N) is 1. The van der Waals surface area contributed by atoms with Crippen molar-refractivity contribution >= 4 is 5.90 Å². The molecule has 2 nitrogen and oxygen atoms in total. The second kappa shape index (κ2) is 5.13. The van der Waals surface area contributed by atoms with Gasteiger partial charge in [0.1, 0.15) is 6.26 Å². The molecule has 0 aromatic heterocycles. The second-order valence-corrected chi connectivity index (χ2v) is 1.18. The van der Waals surface area contributed by atoms with Gasteiger partial charge in [-0.3, -0.25) is 0 Å². The van der Waals surface area contributed by atoms with E-state index in [-0.39, 0.29) is 0 Å². The van der Waals surface area contributed by atoms with Crippen molar-refractivity contribution in [1.82, 2.24) is 0 Å². The summed E-state index contributed by atoms with van der Waals surface area (Å²) >= 11 is 0. The predicted octanol–water partition coefficient (Wildman–Crippen LogP) is 2.09. The number of rotatable bonds is 0. The molecular weight excluding hydrogens is 114 g/mol. The van der Waals surface area contributed by atoms with E-state index in [4.69, 9.17) is 4.74 Å². The first kappa shape index (κ1) is 7.99. The number of aliphatic imine (C=N–C) groups is 1. The molecule has 1 aliphatic heterocycles. The van der Waals surface area contributed by atoms with E-state index in [1.165, 1.54) is 6.26 Å². The largest absolute Gasteiger partial charge is 0.443 e. The minimum atomic E-state index is 0.666. The molecule has 9 heavy (non-hydrogen) atoms. The summed E-state index contributed by atoms with van der Waals surface area (Å²) < 4.78 is 4.76. The van der Waals surface area contributed by atoms with Gasteiger partial charge in [-0.05, 0) is 0 Å². The van der Waals surface area contributed by atoms with Crippen LogP contribution in [0, 0.1) is 0 Å². The molecule has 0 atom stereocenters. The van der Waals surface area contributed by atoms with Gasteiger partial charge in [-0.15, -0.1) is 0 Å². The molecule has 0 aromatic carbocycles. The third kappa shape index (κ3) is 3.56. The lowest BCUT2D eigenvalue weighted by atomic mass is 10.7. The molecule has 1 rings (SSSR count). The van der Waals surface area contributed by atoms with Gasteiger partial charge in [-0.2, -0.15) is 0 Å². The Morgan fingerprint density at radius 3 is 2.44 bits per heavy atom. The van der Waals surface area contributed by atoms with Crippen LogP contribution in [0.15, 0.2) is 23.2 Å². The van der Waals surface area contributed by atoms with Crippen LogP contribution in [0.2, 0.25) is 0 Å². The summed E-state index contributed by atoms with van der Waals surface area (Å²) in [6.45, 7) is 5.79. The van der Waals surface area contributed by atoms with E-state index in [0.717, 1.165) is 0 Å². The first-order chi connectivity index (χ1) is 4.39. The zero-order valence-corrected chi connectivity index (χ0v) is 6.01. The summed E-state index contributed by atoms with van der Waals surface area (Å²) in [7, 11) is 0. The highest BCUT2D eigenvalue weighted by Crippen LogP contribution is 1.87. The average Bonchev–Trinajstić information content (AvgIpc) is 1.94. The van der Waals surface area contributed by atoms with Gasteiger partial charge >= 0.3 is 0 Å². The lowest BCUT2D eigenvalue weighted by molar-refractivity contribution is 0.466. The summed E-state index contributed by atoms with van der Waals surface area (Å²) in [6, 6.07) is 0. The van der Waals surface area contributed by atoms with Crippen LogP contribution in [0.25, 0.3) is 0 Å². The summed E-state index contributed by atoms with van der Waals surface area (Å²) in [5, 5.41) is 0. The maximum absolute atomic E-state index is 4.76. The maximum Gasteiger partial charge on any atom is 0.192 e. The third-order valence-corrected chi connectivity index (χ3v) is 0.618. The highest BCUT2D eigenvalue weighted by atomic mass is 16.5. The molecular formula is C7H11NO. The predicted molar refractivity (Wildman–Crippen MR) is 38.2 cm³/mol.